The topological polar surface area (TPSA) is 84.1 Å². The highest BCUT2D eigenvalue weighted by Crippen LogP contribution is 2.35. The van der Waals surface area contributed by atoms with E-state index in [4.69, 9.17) is 4.74 Å². The van der Waals surface area contributed by atoms with Crippen molar-refractivity contribution in [2.75, 3.05) is 18.2 Å². The number of anilines is 1. The summed E-state index contributed by atoms with van der Waals surface area (Å²) in [6.45, 7) is 2.47. The van der Waals surface area contributed by atoms with Crippen molar-refractivity contribution >= 4 is 23.5 Å². The third-order valence-corrected chi connectivity index (χ3v) is 4.27. The molecule has 1 atom stereocenters. The third kappa shape index (κ3) is 3.10. The second-order valence-corrected chi connectivity index (χ2v) is 5.94. The van der Waals surface area contributed by atoms with Gasteiger partial charge in [-0.05, 0) is 30.9 Å². The standard InChI is InChI=1S/C16H17N3O3S/c1-3-22-10-6-4-5-9(7-10)11-8-12(20)17-14-13(11)15(21)19-16(18-14)23-2/h4-7,11H,3,8H2,1-2H3,(H2,17,18,19,20,21)/t11-/m1/s1. The van der Waals surface area contributed by atoms with Gasteiger partial charge in [-0.3, -0.25) is 9.59 Å². The first-order valence-corrected chi connectivity index (χ1v) is 8.55. The van der Waals surface area contributed by atoms with E-state index in [9.17, 15) is 9.59 Å². The molecule has 0 unspecified atom stereocenters. The molecule has 0 spiro atoms. The summed E-state index contributed by atoms with van der Waals surface area (Å²) in [4.78, 5) is 31.6. The lowest BCUT2D eigenvalue weighted by atomic mass is 9.87. The summed E-state index contributed by atoms with van der Waals surface area (Å²) in [6, 6.07) is 7.50. The molecular weight excluding hydrogens is 314 g/mol. The monoisotopic (exact) mass is 331 g/mol. The van der Waals surface area contributed by atoms with Gasteiger partial charge in [0.25, 0.3) is 5.56 Å². The van der Waals surface area contributed by atoms with Gasteiger partial charge in [-0.2, -0.15) is 0 Å². The lowest BCUT2D eigenvalue weighted by Crippen LogP contribution is -2.31. The zero-order valence-corrected chi connectivity index (χ0v) is 13.7. The maximum Gasteiger partial charge on any atom is 0.257 e. The number of amides is 1. The minimum atomic E-state index is -0.327. The number of carbonyl (C=O) groups is 1. The van der Waals surface area contributed by atoms with Crippen molar-refractivity contribution in [2.45, 2.75) is 24.4 Å². The number of nitrogens with zero attached hydrogens (tertiary/aromatic N) is 1. The van der Waals surface area contributed by atoms with Gasteiger partial charge in [-0.15, -0.1) is 0 Å². The van der Waals surface area contributed by atoms with Gasteiger partial charge in [0.15, 0.2) is 5.16 Å². The second-order valence-electron chi connectivity index (χ2n) is 5.15. The van der Waals surface area contributed by atoms with Crippen LogP contribution in [0.25, 0.3) is 0 Å². The van der Waals surface area contributed by atoms with Gasteiger partial charge >= 0.3 is 0 Å². The fourth-order valence-corrected chi connectivity index (χ4v) is 3.10. The van der Waals surface area contributed by atoms with Gasteiger partial charge in [-0.25, -0.2) is 4.98 Å². The SMILES string of the molecule is CCOc1cccc([C@H]2CC(=O)Nc3nc(SC)[nH]c(=O)c32)c1. The molecule has 7 heteroatoms. The highest BCUT2D eigenvalue weighted by atomic mass is 32.2. The van der Waals surface area contributed by atoms with E-state index in [1.807, 2.05) is 37.4 Å². The van der Waals surface area contributed by atoms with E-state index in [1.54, 1.807) is 0 Å². The molecule has 3 rings (SSSR count). The van der Waals surface area contributed by atoms with Crippen LogP contribution in [0.3, 0.4) is 0 Å². The molecule has 1 aliphatic rings. The molecule has 120 valence electrons. The van der Waals surface area contributed by atoms with Crippen molar-refractivity contribution in [1.29, 1.82) is 0 Å². The van der Waals surface area contributed by atoms with Gasteiger partial charge in [0, 0.05) is 12.3 Å². The summed E-state index contributed by atoms with van der Waals surface area (Å²) in [5.41, 5.74) is 1.15. The maximum absolute atomic E-state index is 12.5. The number of thioether (sulfide) groups is 1. The van der Waals surface area contributed by atoms with Crippen molar-refractivity contribution in [2.24, 2.45) is 0 Å². The number of benzene rings is 1. The van der Waals surface area contributed by atoms with E-state index in [1.165, 1.54) is 11.8 Å². The molecule has 0 fully saturated rings. The van der Waals surface area contributed by atoms with E-state index < -0.39 is 0 Å². The Morgan fingerprint density at radius 2 is 2.22 bits per heavy atom. The summed E-state index contributed by atoms with van der Waals surface area (Å²) in [5, 5.41) is 3.18. The average molecular weight is 331 g/mol. The van der Waals surface area contributed by atoms with Crippen LogP contribution < -0.4 is 15.6 Å². The number of H-pyrrole nitrogens is 1. The molecule has 0 aliphatic carbocycles. The zero-order valence-electron chi connectivity index (χ0n) is 12.9. The number of carbonyl (C=O) groups excluding carboxylic acids is 1. The predicted octanol–water partition coefficient (Wildman–Crippen LogP) is 2.36. The highest BCUT2D eigenvalue weighted by Gasteiger charge is 2.31. The first-order valence-electron chi connectivity index (χ1n) is 7.33. The van der Waals surface area contributed by atoms with E-state index in [0.717, 1.165) is 11.3 Å². The van der Waals surface area contributed by atoms with Crippen LogP contribution in [0.5, 0.6) is 5.75 Å². The predicted molar refractivity (Wildman–Crippen MR) is 89.3 cm³/mol. The normalized spacial score (nSPS) is 16.6. The molecule has 0 radical (unpaired) electrons. The van der Waals surface area contributed by atoms with E-state index in [0.29, 0.717) is 23.1 Å². The molecule has 0 bridgehead atoms. The molecule has 23 heavy (non-hydrogen) atoms. The van der Waals surface area contributed by atoms with Crippen LogP contribution >= 0.6 is 11.8 Å². The number of ether oxygens (including phenoxy) is 1. The summed E-state index contributed by atoms with van der Waals surface area (Å²) >= 11 is 1.33. The molecule has 1 aromatic heterocycles. The van der Waals surface area contributed by atoms with E-state index in [2.05, 4.69) is 15.3 Å². The van der Waals surface area contributed by atoms with Crippen molar-refractivity contribution < 1.29 is 9.53 Å². The Hall–Kier alpha value is -2.28. The Bertz CT molecular complexity index is 803. The first kappa shape index (κ1) is 15.6. The summed E-state index contributed by atoms with van der Waals surface area (Å²) in [7, 11) is 0. The van der Waals surface area contributed by atoms with Crippen LogP contribution in [0.2, 0.25) is 0 Å². The number of fused-ring (bicyclic) bond motifs is 1. The minimum Gasteiger partial charge on any atom is -0.494 e. The molecular formula is C16H17N3O3S. The number of nitrogens with one attached hydrogen (secondary N) is 2. The molecule has 1 aliphatic heterocycles. The highest BCUT2D eigenvalue weighted by molar-refractivity contribution is 7.98. The molecule has 0 saturated heterocycles. The lowest BCUT2D eigenvalue weighted by molar-refractivity contribution is -0.116. The Morgan fingerprint density at radius 3 is 2.96 bits per heavy atom. The first-order chi connectivity index (χ1) is 11.1. The van der Waals surface area contributed by atoms with Crippen molar-refractivity contribution in [3.05, 3.63) is 45.7 Å². The van der Waals surface area contributed by atoms with Gasteiger partial charge in [0.05, 0.1) is 12.2 Å². The maximum atomic E-state index is 12.5. The Balaban J connectivity index is 2.10. The zero-order chi connectivity index (χ0) is 16.4. The number of aromatic nitrogens is 2. The van der Waals surface area contributed by atoms with Gasteiger partial charge in [0.1, 0.15) is 11.6 Å². The third-order valence-electron chi connectivity index (χ3n) is 3.69. The van der Waals surface area contributed by atoms with Crippen LogP contribution in [-0.4, -0.2) is 28.7 Å². The fraction of sp³-hybridized carbons (Fsp3) is 0.312. The van der Waals surface area contributed by atoms with Gasteiger partial charge in [-0.1, -0.05) is 23.9 Å². The van der Waals surface area contributed by atoms with Crippen LogP contribution in [0.1, 0.15) is 30.4 Å². The smallest absolute Gasteiger partial charge is 0.257 e. The molecule has 1 aromatic carbocycles. The fourth-order valence-electron chi connectivity index (χ4n) is 2.72. The second kappa shape index (κ2) is 6.45. The van der Waals surface area contributed by atoms with E-state index >= 15 is 0 Å². The van der Waals surface area contributed by atoms with Crippen LogP contribution in [0, 0.1) is 0 Å². The van der Waals surface area contributed by atoms with Crippen molar-refractivity contribution in [3.63, 3.8) is 0 Å². The molecule has 0 saturated carbocycles. The van der Waals surface area contributed by atoms with E-state index in [-0.39, 0.29) is 23.8 Å². The number of rotatable bonds is 4. The summed E-state index contributed by atoms with van der Waals surface area (Å²) in [6.07, 6.45) is 2.03. The molecule has 6 nitrogen and oxygen atoms in total. The Kier molecular flexibility index (Phi) is 4.38. The largest absolute Gasteiger partial charge is 0.494 e. The summed E-state index contributed by atoms with van der Waals surface area (Å²) in [5.74, 6) is 0.601. The Morgan fingerprint density at radius 1 is 1.39 bits per heavy atom. The number of hydrogen-bond donors (Lipinski definition) is 2. The van der Waals surface area contributed by atoms with Gasteiger partial charge < -0.3 is 15.0 Å². The molecule has 2 aromatic rings. The molecule has 2 N–H and O–H groups in total. The van der Waals surface area contributed by atoms with Crippen molar-refractivity contribution in [3.8, 4) is 5.75 Å². The lowest BCUT2D eigenvalue weighted by Gasteiger charge is -2.24. The van der Waals surface area contributed by atoms with Crippen molar-refractivity contribution in [1.82, 2.24) is 9.97 Å². The summed E-state index contributed by atoms with van der Waals surface area (Å²) < 4.78 is 5.51. The molecule has 1 amide bonds. The number of hydrogen-bond acceptors (Lipinski definition) is 5. The van der Waals surface area contributed by atoms with Gasteiger partial charge in [0.2, 0.25) is 5.91 Å². The quantitative estimate of drug-likeness (QED) is 0.664. The average Bonchev–Trinajstić information content (AvgIpc) is 2.54. The van der Waals surface area contributed by atoms with Crippen LogP contribution in [0.15, 0.2) is 34.2 Å². The minimum absolute atomic E-state index is 0.144. The number of aromatic amines is 1. The Labute approximate surface area is 137 Å². The van der Waals surface area contributed by atoms with Crippen LogP contribution in [0.4, 0.5) is 5.82 Å². The molecule has 2 heterocycles. The van der Waals surface area contributed by atoms with Crippen LogP contribution in [-0.2, 0) is 4.79 Å².